The van der Waals surface area contributed by atoms with Gasteiger partial charge in [0.1, 0.15) is 5.71 Å². The molecule has 0 radical (unpaired) electrons. The highest BCUT2D eigenvalue weighted by molar-refractivity contribution is 6.54. The van der Waals surface area contributed by atoms with Crippen LogP contribution in [-0.2, 0) is 11.0 Å². The maximum Gasteiger partial charge on any atom is 0.419 e. The highest BCUT2D eigenvalue weighted by atomic mass is 35.5. The van der Waals surface area contributed by atoms with Crippen LogP contribution in [0.2, 0.25) is 5.02 Å². The lowest BCUT2D eigenvalue weighted by Gasteiger charge is -2.43. The molecule has 3 heterocycles. The van der Waals surface area contributed by atoms with Crippen LogP contribution in [0, 0.1) is 11.3 Å². The van der Waals surface area contributed by atoms with Crippen LogP contribution >= 0.6 is 11.6 Å². The molecule has 2 aromatic heterocycles. The number of amides is 1. The highest BCUT2D eigenvalue weighted by Gasteiger charge is 2.47. The minimum Gasteiger partial charge on any atom is -0.393 e. The Morgan fingerprint density at radius 1 is 1.22 bits per heavy atom. The van der Waals surface area contributed by atoms with Gasteiger partial charge >= 0.3 is 6.18 Å². The van der Waals surface area contributed by atoms with Crippen LogP contribution in [0.4, 0.5) is 27.9 Å². The number of hydrogen-bond donors (Lipinski definition) is 3. The van der Waals surface area contributed by atoms with E-state index in [2.05, 4.69) is 30.6 Å². The van der Waals surface area contributed by atoms with Crippen LogP contribution in [0.3, 0.4) is 0 Å². The van der Waals surface area contributed by atoms with Gasteiger partial charge in [-0.25, -0.2) is 28.7 Å². The summed E-state index contributed by atoms with van der Waals surface area (Å²) in [5.74, 6) is -5.12. The summed E-state index contributed by atoms with van der Waals surface area (Å²) in [7, 11) is 1.52. The number of piperidine rings is 1. The van der Waals surface area contributed by atoms with Crippen LogP contribution in [0.15, 0.2) is 31.0 Å². The number of hydrogen-bond acceptors (Lipinski definition) is 8. The second-order valence-corrected chi connectivity index (χ2v) is 8.59. The Balaban J connectivity index is 1.84. The standard InChI is InChI=1S/C21H22ClF5N8O/c1-11-3-20(23,24)10-35(15(11)9-34-19-32-4-12(5-33-19)21(25,26)27)18(36)16(28)14(8-29-2)17-30-6-13(22)7-31-17/h4-8,11,15,28-29H,3,9-10H2,1-2H3,(H,32,33,34)/b14-8+,28-16?/t11-,15?/m1/s1. The van der Waals surface area contributed by atoms with E-state index < -0.39 is 54.2 Å². The third-order valence-electron chi connectivity index (χ3n) is 5.42. The second kappa shape index (κ2) is 10.7. The summed E-state index contributed by atoms with van der Waals surface area (Å²) >= 11 is 5.79. The number of carbonyl (C=O) groups excluding carboxylic acids is 1. The molecule has 0 aromatic carbocycles. The van der Waals surface area contributed by atoms with Crippen LogP contribution in [-0.4, -0.2) is 68.6 Å². The van der Waals surface area contributed by atoms with Gasteiger partial charge in [-0.15, -0.1) is 0 Å². The van der Waals surface area contributed by atoms with Crippen molar-refractivity contribution >= 4 is 34.7 Å². The van der Waals surface area contributed by atoms with Gasteiger partial charge in [-0.2, -0.15) is 13.2 Å². The predicted molar refractivity (Wildman–Crippen MR) is 122 cm³/mol. The fourth-order valence-electron chi connectivity index (χ4n) is 3.74. The normalized spacial score (nSPS) is 20.1. The number of carbonyl (C=O) groups is 1. The van der Waals surface area contributed by atoms with E-state index in [1.165, 1.54) is 32.6 Å². The third-order valence-corrected chi connectivity index (χ3v) is 5.62. The summed E-state index contributed by atoms with van der Waals surface area (Å²) in [5.41, 5.74) is -1.72. The van der Waals surface area contributed by atoms with Crippen molar-refractivity contribution in [1.82, 2.24) is 30.2 Å². The molecule has 1 amide bonds. The number of nitrogens with zero attached hydrogens (tertiary/aromatic N) is 5. The molecule has 3 N–H and O–H groups in total. The van der Waals surface area contributed by atoms with E-state index in [0.29, 0.717) is 12.4 Å². The van der Waals surface area contributed by atoms with Gasteiger partial charge in [0.15, 0.2) is 5.82 Å². The lowest BCUT2D eigenvalue weighted by Crippen LogP contribution is -2.59. The number of aromatic nitrogens is 4. The molecule has 36 heavy (non-hydrogen) atoms. The first kappa shape index (κ1) is 27.2. The van der Waals surface area contributed by atoms with Gasteiger partial charge in [0, 0.05) is 51.0 Å². The molecule has 194 valence electrons. The van der Waals surface area contributed by atoms with Crippen LogP contribution in [0.5, 0.6) is 0 Å². The number of alkyl halides is 5. The van der Waals surface area contributed by atoms with Gasteiger partial charge in [-0.3, -0.25) is 10.2 Å². The van der Waals surface area contributed by atoms with Crippen molar-refractivity contribution in [3.63, 3.8) is 0 Å². The van der Waals surface area contributed by atoms with E-state index in [-0.39, 0.29) is 28.9 Å². The Hall–Kier alpha value is -3.42. The van der Waals surface area contributed by atoms with Crippen molar-refractivity contribution in [3.8, 4) is 0 Å². The highest BCUT2D eigenvalue weighted by Crippen LogP contribution is 2.35. The van der Waals surface area contributed by atoms with Gasteiger partial charge in [0.25, 0.3) is 11.8 Å². The van der Waals surface area contributed by atoms with E-state index in [1.54, 1.807) is 0 Å². The molecule has 1 aliphatic heterocycles. The SMILES string of the molecule is CN/C=C(\C(=N)C(=O)N1CC(F)(F)C[C@@H](C)C1CNc1ncc(C(F)(F)F)cn1)c1ncc(Cl)cn1. The predicted octanol–water partition coefficient (Wildman–Crippen LogP) is 3.50. The van der Waals surface area contributed by atoms with E-state index in [1.807, 2.05) is 0 Å². The number of rotatable bonds is 7. The molecule has 1 fully saturated rings. The minimum atomic E-state index is -4.61. The van der Waals surface area contributed by atoms with Crippen molar-refractivity contribution < 1.29 is 26.7 Å². The molecule has 0 spiro atoms. The molecular weight excluding hydrogens is 511 g/mol. The molecule has 9 nitrogen and oxygen atoms in total. The lowest BCUT2D eigenvalue weighted by molar-refractivity contribution is -0.145. The quantitative estimate of drug-likeness (QED) is 0.369. The van der Waals surface area contributed by atoms with Crippen molar-refractivity contribution in [1.29, 1.82) is 5.41 Å². The maximum absolute atomic E-state index is 14.5. The molecule has 0 bridgehead atoms. The summed E-state index contributed by atoms with van der Waals surface area (Å²) in [6.07, 6.45) is -0.140. The van der Waals surface area contributed by atoms with Crippen molar-refractivity contribution in [2.45, 2.75) is 31.5 Å². The van der Waals surface area contributed by atoms with Gasteiger partial charge in [0.05, 0.1) is 28.7 Å². The van der Waals surface area contributed by atoms with E-state index in [9.17, 15) is 26.7 Å². The first-order valence-corrected chi connectivity index (χ1v) is 11.0. The molecule has 2 atom stereocenters. The molecule has 0 aliphatic carbocycles. The smallest absolute Gasteiger partial charge is 0.393 e. The molecular formula is C21H22ClF5N8O. The van der Waals surface area contributed by atoms with Gasteiger partial charge in [0.2, 0.25) is 5.95 Å². The topological polar surface area (TPSA) is 120 Å². The van der Waals surface area contributed by atoms with Crippen LogP contribution in [0.1, 0.15) is 24.7 Å². The fraction of sp³-hybridized carbons (Fsp3) is 0.429. The number of nitrogens with one attached hydrogen (secondary N) is 3. The van der Waals surface area contributed by atoms with Gasteiger partial charge in [-0.05, 0) is 5.92 Å². The zero-order valence-electron chi connectivity index (χ0n) is 19.1. The molecule has 2 aromatic rings. The zero-order valence-corrected chi connectivity index (χ0v) is 19.8. The Morgan fingerprint density at radius 3 is 2.39 bits per heavy atom. The fourth-order valence-corrected chi connectivity index (χ4v) is 3.84. The molecule has 15 heteroatoms. The number of anilines is 1. The summed E-state index contributed by atoms with van der Waals surface area (Å²) < 4.78 is 67.1. The Kier molecular flexibility index (Phi) is 8.06. The van der Waals surface area contributed by atoms with Crippen molar-refractivity contribution in [2.24, 2.45) is 5.92 Å². The summed E-state index contributed by atoms with van der Waals surface area (Å²) in [5, 5.41) is 14.0. The van der Waals surface area contributed by atoms with Crippen LogP contribution in [0.25, 0.3) is 5.57 Å². The average molecular weight is 533 g/mol. The van der Waals surface area contributed by atoms with Gasteiger partial charge < -0.3 is 15.5 Å². The molecule has 1 aliphatic rings. The first-order chi connectivity index (χ1) is 16.8. The van der Waals surface area contributed by atoms with E-state index in [0.717, 1.165) is 4.90 Å². The maximum atomic E-state index is 14.5. The Labute approximate surface area is 207 Å². The number of likely N-dealkylation sites (tertiary alicyclic amines) is 1. The van der Waals surface area contributed by atoms with Crippen LogP contribution < -0.4 is 10.6 Å². The largest absolute Gasteiger partial charge is 0.419 e. The second-order valence-electron chi connectivity index (χ2n) is 8.16. The zero-order chi connectivity index (χ0) is 26.7. The van der Waals surface area contributed by atoms with E-state index >= 15 is 0 Å². The van der Waals surface area contributed by atoms with Crippen molar-refractivity contribution in [2.75, 3.05) is 25.5 Å². The third kappa shape index (κ3) is 6.42. The monoisotopic (exact) mass is 532 g/mol. The molecule has 3 rings (SSSR count). The first-order valence-electron chi connectivity index (χ1n) is 10.6. The molecule has 0 saturated carbocycles. The summed E-state index contributed by atoms with van der Waals surface area (Å²) in [6, 6.07) is -0.842. The Morgan fingerprint density at radius 2 is 1.83 bits per heavy atom. The lowest BCUT2D eigenvalue weighted by atomic mass is 9.87. The Bertz CT molecular complexity index is 1120. The van der Waals surface area contributed by atoms with Crippen molar-refractivity contribution in [3.05, 3.63) is 47.4 Å². The average Bonchev–Trinajstić information content (AvgIpc) is 2.80. The van der Waals surface area contributed by atoms with Gasteiger partial charge in [-0.1, -0.05) is 18.5 Å². The number of halogens is 6. The minimum absolute atomic E-state index is 0.0169. The summed E-state index contributed by atoms with van der Waals surface area (Å²) in [4.78, 5) is 29.4. The van der Waals surface area contributed by atoms with E-state index in [4.69, 9.17) is 17.0 Å². The summed E-state index contributed by atoms with van der Waals surface area (Å²) in [6.45, 7) is 0.431. The molecule has 1 unspecified atom stereocenters. The molecule has 1 saturated heterocycles.